The molecule has 4 nitrogen and oxygen atoms in total. The van der Waals surface area contributed by atoms with Gasteiger partial charge in [-0.2, -0.15) is 0 Å². The molecule has 0 bridgehead atoms. The van der Waals surface area contributed by atoms with Crippen molar-refractivity contribution in [3.63, 3.8) is 0 Å². The molecular weight excluding hydrogens is 322 g/mol. The fraction of sp³-hybridized carbons (Fsp3) is 0.545. The molecule has 0 saturated heterocycles. The summed E-state index contributed by atoms with van der Waals surface area (Å²) in [5.74, 6) is 1.90. The molecule has 0 atom stereocenters. The minimum Gasteiger partial charge on any atom is -0.357 e. The smallest absolute Gasteiger partial charge is 0.224 e. The fourth-order valence-corrected chi connectivity index (χ4v) is 4.02. The standard InChI is InChI=1S/C22H31N3O/c1-4-25(5-2)21-14-16(3)19-15-18(11-12-20(19)24-21)23-22(26)13-10-17-8-6-7-9-17/h11-12,14-15,17H,4-10,13H2,1-3H3,(H,23,26). The maximum atomic E-state index is 12.3. The molecule has 4 heteroatoms. The zero-order valence-electron chi connectivity index (χ0n) is 16.3. The molecule has 0 spiro atoms. The zero-order valence-corrected chi connectivity index (χ0v) is 16.3. The number of hydrogen-bond donors (Lipinski definition) is 1. The molecular formula is C22H31N3O. The van der Waals surface area contributed by atoms with E-state index in [2.05, 4.69) is 43.1 Å². The number of aryl methyl sites for hydroxylation is 1. The summed E-state index contributed by atoms with van der Waals surface area (Å²) in [6.07, 6.45) is 6.90. The highest BCUT2D eigenvalue weighted by Crippen LogP contribution is 2.29. The van der Waals surface area contributed by atoms with Gasteiger partial charge in [0.05, 0.1) is 5.52 Å². The Morgan fingerprint density at radius 1 is 1.19 bits per heavy atom. The van der Waals surface area contributed by atoms with E-state index in [1.807, 2.05) is 12.1 Å². The molecule has 1 aliphatic carbocycles. The van der Waals surface area contributed by atoms with E-state index in [4.69, 9.17) is 4.98 Å². The van der Waals surface area contributed by atoms with Crippen LogP contribution in [0.2, 0.25) is 0 Å². The van der Waals surface area contributed by atoms with E-state index < -0.39 is 0 Å². The van der Waals surface area contributed by atoms with Gasteiger partial charge >= 0.3 is 0 Å². The van der Waals surface area contributed by atoms with E-state index in [1.54, 1.807) is 0 Å². The molecule has 0 aliphatic heterocycles. The van der Waals surface area contributed by atoms with E-state index in [1.165, 1.54) is 31.2 Å². The monoisotopic (exact) mass is 353 g/mol. The summed E-state index contributed by atoms with van der Waals surface area (Å²) < 4.78 is 0. The van der Waals surface area contributed by atoms with E-state index >= 15 is 0 Å². The van der Waals surface area contributed by atoms with Crippen LogP contribution in [0.3, 0.4) is 0 Å². The lowest BCUT2D eigenvalue weighted by Crippen LogP contribution is -2.23. The summed E-state index contributed by atoms with van der Waals surface area (Å²) in [5.41, 5.74) is 3.05. The third-order valence-electron chi connectivity index (χ3n) is 5.63. The summed E-state index contributed by atoms with van der Waals surface area (Å²) in [4.78, 5) is 19.3. The molecule has 0 unspecified atom stereocenters. The van der Waals surface area contributed by atoms with E-state index in [-0.39, 0.29) is 5.91 Å². The predicted octanol–water partition coefficient (Wildman–Crippen LogP) is 5.30. The summed E-state index contributed by atoms with van der Waals surface area (Å²) in [7, 11) is 0. The van der Waals surface area contributed by atoms with Crippen LogP contribution in [-0.2, 0) is 4.79 Å². The van der Waals surface area contributed by atoms with Crippen LogP contribution < -0.4 is 10.2 Å². The highest BCUT2D eigenvalue weighted by atomic mass is 16.1. The minimum atomic E-state index is 0.127. The minimum absolute atomic E-state index is 0.127. The van der Waals surface area contributed by atoms with Gasteiger partial charge in [0.1, 0.15) is 5.82 Å². The molecule has 3 rings (SSSR count). The molecule has 140 valence electrons. The molecule has 1 fully saturated rings. The van der Waals surface area contributed by atoms with E-state index in [9.17, 15) is 4.79 Å². The second kappa shape index (κ2) is 8.52. The third kappa shape index (κ3) is 4.35. The Bertz CT molecular complexity index is 761. The Morgan fingerprint density at radius 3 is 2.62 bits per heavy atom. The Kier molecular flexibility index (Phi) is 6.12. The topological polar surface area (TPSA) is 45.2 Å². The van der Waals surface area contributed by atoms with Gasteiger partial charge in [-0.05, 0) is 62.9 Å². The van der Waals surface area contributed by atoms with Crippen LogP contribution in [0.1, 0.15) is 57.9 Å². The van der Waals surface area contributed by atoms with Gasteiger partial charge in [-0.25, -0.2) is 4.98 Å². The first kappa shape index (κ1) is 18.7. The number of hydrogen-bond acceptors (Lipinski definition) is 3. The number of aromatic nitrogens is 1. The lowest BCUT2D eigenvalue weighted by molar-refractivity contribution is -0.116. The van der Waals surface area contributed by atoms with Gasteiger partial charge in [0.2, 0.25) is 5.91 Å². The molecule has 1 N–H and O–H groups in total. The quantitative estimate of drug-likeness (QED) is 0.735. The first-order chi connectivity index (χ1) is 12.6. The van der Waals surface area contributed by atoms with Gasteiger partial charge in [0.15, 0.2) is 0 Å². The number of benzene rings is 1. The lowest BCUT2D eigenvalue weighted by Gasteiger charge is -2.21. The van der Waals surface area contributed by atoms with Crippen LogP contribution in [0, 0.1) is 12.8 Å². The van der Waals surface area contributed by atoms with Crippen molar-refractivity contribution in [1.29, 1.82) is 0 Å². The van der Waals surface area contributed by atoms with Crippen molar-refractivity contribution in [2.45, 2.75) is 59.3 Å². The van der Waals surface area contributed by atoms with Crippen LogP contribution in [-0.4, -0.2) is 24.0 Å². The molecule has 1 amide bonds. The van der Waals surface area contributed by atoms with Gasteiger partial charge in [0, 0.05) is 30.6 Å². The molecule has 2 aromatic rings. The Balaban J connectivity index is 1.71. The summed E-state index contributed by atoms with van der Waals surface area (Å²) >= 11 is 0. The van der Waals surface area contributed by atoms with Crippen molar-refractivity contribution < 1.29 is 4.79 Å². The van der Waals surface area contributed by atoms with Crippen LogP contribution in [0.15, 0.2) is 24.3 Å². The first-order valence-electron chi connectivity index (χ1n) is 10.1. The Morgan fingerprint density at radius 2 is 1.92 bits per heavy atom. The molecule has 1 aromatic carbocycles. The maximum absolute atomic E-state index is 12.3. The third-order valence-corrected chi connectivity index (χ3v) is 5.63. The predicted molar refractivity (Wildman–Crippen MR) is 110 cm³/mol. The molecule has 1 saturated carbocycles. The van der Waals surface area contributed by atoms with Gasteiger partial charge in [-0.3, -0.25) is 4.79 Å². The van der Waals surface area contributed by atoms with Crippen molar-refractivity contribution in [3.8, 4) is 0 Å². The number of amides is 1. The van der Waals surface area contributed by atoms with E-state index in [0.29, 0.717) is 6.42 Å². The fourth-order valence-electron chi connectivity index (χ4n) is 4.02. The Hall–Kier alpha value is -2.10. The summed E-state index contributed by atoms with van der Waals surface area (Å²) in [5, 5.41) is 4.17. The molecule has 0 radical (unpaired) electrons. The second-order valence-electron chi connectivity index (χ2n) is 7.44. The lowest BCUT2D eigenvalue weighted by atomic mass is 10.0. The molecule has 1 aromatic heterocycles. The van der Waals surface area contributed by atoms with Gasteiger partial charge in [-0.15, -0.1) is 0 Å². The van der Waals surface area contributed by atoms with Crippen LogP contribution in [0.25, 0.3) is 10.9 Å². The van der Waals surface area contributed by atoms with E-state index in [0.717, 1.165) is 47.8 Å². The zero-order chi connectivity index (χ0) is 18.5. The summed E-state index contributed by atoms with van der Waals surface area (Å²) in [6, 6.07) is 8.17. The summed E-state index contributed by atoms with van der Waals surface area (Å²) in [6.45, 7) is 8.31. The highest BCUT2D eigenvalue weighted by molar-refractivity contribution is 5.94. The number of rotatable bonds is 7. The van der Waals surface area contributed by atoms with Crippen LogP contribution >= 0.6 is 0 Å². The number of anilines is 2. The second-order valence-corrected chi connectivity index (χ2v) is 7.44. The normalized spacial score (nSPS) is 14.7. The molecule has 1 heterocycles. The number of nitrogens with zero attached hydrogens (tertiary/aromatic N) is 2. The molecule has 26 heavy (non-hydrogen) atoms. The van der Waals surface area contributed by atoms with Crippen molar-refractivity contribution >= 4 is 28.3 Å². The van der Waals surface area contributed by atoms with Crippen LogP contribution in [0.5, 0.6) is 0 Å². The van der Waals surface area contributed by atoms with Crippen molar-refractivity contribution in [3.05, 3.63) is 29.8 Å². The SMILES string of the molecule is CCN(CC)c1cc(C)c2cc(NC(=O)CCC3CCCC3)ccc2n1. The van der Waals surface area contributed by atoms with Crippen molar-refractivity contribution in [1.82, 2.24) is 4.98 Å². The first-order valence-corrected chi connectivity index (χ1v) is 10.1. The maximum Gasteiger partial charge on any atom is 0.224 e. The average molecular weight is 354 g/mol. The van der Waals surface area contributed by atoms with Crippen LogP contribution in [0.4, 0.5) is 11.5 Å². The largest absolute Gasteiger partial charge is 0.357 e. The van der Waals surface area contributed by atoms with Gasteiger partial charge in [0.25, 0.3) is 0 Å². The number of nitrogens with one attached hydrogen (secondary N) is 1. The van der Waals surface area contributed by atoms with Gasteiger partial charge in [-0.1, -0.05) is 25.7 Å². The Labute approximate surface area is 157 Å². The van der Waals surface area contributed by atoms with Gasteiger partial charge < -0.3 is 10.2 Å². The average Bonchev–Trinajstić information content (AvgIpc) is 3.15. The number of pyridine rings is 1. The van der Waals surface area contributed by atoms with Crippen molar-refractivity contribution in [2.24, 2.45) is 5.92 Å². The number of fused-ring (bicyclic) bond motifs is 1. The van der Waals surface area contributed by atoms with Crippen molar-refractivity contribution in [2.75, 3.05) is 23.3 Å². The number of carbonyl (C=O) groups is 1. The highest BCUT2D eigenvalue weighted by Gasteiger charge is 2.16. The molecule has 1 aliphatic rings. The number of carbonyl (C=O) groups excluding carboxylic acids is 1.